The Morgan fingerprint density at radius 2 is 0.825 bits per heavy atom. The normalized spacial score (nSPS) is 11.9. The van der Waals surface area contributed by atoms with Crippen LogP contribution in [0.5, 0.6) is 0 Å². The molecule has 0 saturated carbocycles. The van der Waals surface area contributed by atoms with Crippen LogP contribution in [0.4, 0.5) is 0 Å². The highest BCUT2D eigenvalue weighted by Crippen LogP contribution is 2.43. The van der Waals surface area contributed by atoms with Gasteiger partial charge in [0.15, 0.2) is 28.9 Å². The first-order chi connectivity index (χ1) is 28.2. The van der Waals surface area contributed by atoms with Crippen LogP contribution in [0.2, 0.25) is 0 Å². The second kappa shape index (κ2) is 12.3. The second-order valence-electron chi connectivity index (χ2n) is 14.0. The van der Waals surface area contributed by atoms with Crippen molar-refractivity contribution in [1.82, 2.24) is 24.9 Å². The van der Waals surface area contributed by atoms with Crippen molar-refractivity contribution < 1.29 is 13.3 Å². The highest BCUT2D eigenvalue weighted by atomic mass is 16.3. The maximum absolute atomic E-state index is 6.58. The monoisotopic (exact) mass is 733 g/mol. The van der Waals surface area contributed by atoms with Gasteiger partial charge in [0.25, 0.3) is 0 Å². The quantitative estimate of drug-likeness (QED) is 0.172. The number of nitrogens with zero attached hydrogens (tertiary/aromatic N) is 5. The lowest BCUT2D eigenvalue weighted by Gasteiger charge is -2.10. The van der Waals surface area contributed by atoms with Crippen molar-refractivity contribution in [2.45, 2.75) is 0 Å². The molecular formula is C49H27N5O3. The van der Waals surface area contributed by atoms with Crippen LogP contribution in [0.3, 0.4) is 0 Å². The highest BCUT2D eigenvalue weighted by Gasteiger charge is 2.24. The van der Waals surface area contributed by atoms with E-state index in [0.717, 1.165) is 77.0 Å². The SMILES string of the molecule is c1ccc(-c2nc(-c3ccccc3)nc(-c3cccc4oc5cccc(-c6nc(-c7ccc8c(c7)oc7ccccc78)c7oc8ccccc8c7n6)c5c34)n2)cc1. The zero-order valence-electron chi connectivity index (χ0n) is 30.0. The molecule has 0 bridgehead atoms. The first-order valence-electron chi connectivity index (χ1n) is 18.7. The summed E-state index contributed by atoms with van der Waals surface area (Å²) in [5, 5.41) is 4.72. The van der Waals surface area contributed by atoms with Gasteiger partial charge in [0.2, 0.25) is 0 Å². The molecule has 0 fully saturated rings. The van der Waals surface area contributed by atoms with Crippen LogP contribution in [-0.4, -0.2) is 24.9 Å². The van der Waals surface area contributed by atoms with Crippen LogP contribution in [0.25, 0.3) is 123 Å². The molecule has 0 radical (unpaired) electrons. The molecule has 12 aromatic rings. The Labute approximate surface area is 323 Å². The van der Waals surface area contributed by atoms with Gasteiger partial charge in [0.1, 0.15) is 39.1 Å². The van der Waals surface area contributed by atoms with Gasteiger partial charge in [-0.3, -0.25) is 0 Å². The third-order valence-corrected chi connectivity index (χ3v) is 10.6. The van der Waals surface area contributed by atoms with Crippen LogP contribution >= 0.6 is 0 Å². The topological polar surface area (TPSA) is 104 Å². The van der Waals surface area contributed by atoms with E-state index in [1.807, 2.05) is 146 Å². The fraction of sp³-hybridized carbons (Fsp3) is 0. The zero-order valence-corrected chi connectivity index (χ0v) is 30.0. The third-order valence-electron chi connectivity index (χ3n) is 10.6. The molecule has 8 nitrogen and oxygen atoms in total. The number of aromatic nitrogens is 5. The van der Waals surface area contributed by atoms with Crippen molar-refractivity contribution in [2.75, 3.05) is 0 Å². The van der Waals surface area contributed by atoms with Crippen LogP contribution < -0.4 is 0 Å². The van der Waals surface area contributed by atoms with E-state index in [-0.39, 0.29) is 0 Å². The molecule has 5 aromatic heterocycles. The Bertz CT molecular complexity index is 3480. The van der Waals surface area contributed by atoms with E-state index in [1.165, 1.54) is 0 Å². The van der Waals surface area contributed by atoms with E-state index in [1.54, 1.807) is 0 Å². The predicted molar refractivity (Wildman–Crippen MR) is 224 cm³/mol. The molecule has 7 aromatic carbocycles. The Morgan fingerprint density at radius 1 is 0.316 bits per heavy atom. The average Bonchev–Trinajstić information content (AvgIpc) is 3.97. The summed E-state index contributed by atoms with van der Waals surface area (Å²) in [5.41, 5.74) is 9.97. The van der Waals surface area contributed by atoms with Crippen molar-refractivity contribution in [2.24, 2.45) is 0 Å². The van der Waals surface area contributed by atoms with Crippen LogP contribution in [0, 0.1) is 0 Å². The Kier molecular flexibility index (Phi) is 6.76. The lowest BCUT2D eigenvalue weighted by atomic mass is 10.0. The number of hydrogen-bond donors (Lipinski definition) is 0. The summed E-state index contributed by atoms with van der Waals surface area (Å²) in [6, 6.07) is 54.2. The minimum Gasteiger partial charge on any atom is -0.456 e. The summed E-state index contributed by atoms with van der Waals surface area (Å²) in [5.74, 6) is 2.22. The lowest BCUT2D eigenvalue weighted by Crippen LogP contribution is -2.00. The van der Waals surface area contributed by atoms with Gasteiger partial charge in [-0.15, -0.1) is 0 Å². The van der Waals surface area contributed by atoms with Crippen molar-refractivity contribution in [1.29, 1.82) is 0 Å². The van der Waals surface area contributed by atoms with E-state index < -0.39 is 0 Å². The maximum atomic E-state index is 6.58. The number of furan rings is 3. The number of para-hydroxylation sites is 2. The van der Waals surface area contributed by atoms with Gasteiger partial charge in [0.05, 0.1) is 0 Å². The third kappa shape index (κ3) is 4.97. The molecular weight excluding hydrogens is 707 g/mol. The molecule has 0 aliphatic heterocycles. The average molecular weight is 734 g/mol. The Morgan fingerprint density at radius 3 is 1.49 bits per heavy atom. The zero-order chi connectivity index (χ0) is 37.5. The van der Waals surface area contributed by atoms with Gasteiger partial charge < -0.3 is 13.3 Å². The van der Waals surface area contributed by atoms with Crippen molar-refractivity contribution >= 4 is 65.9 Å². The Hall–Kier alpha value is -7.97. The van der Waals surface area contributed by atoms with Crippen LogP contribution in [0.15, 0.2) is 177 Å². The fourth-order valence-corrected chi connectivity index (χ4v) is 7.95. The molecule has 0 N–H and O–H groups in total. The van der Waals surface area contributed by atoms with E-state index in [0.29, 0.717) is 45.7 Å². The highest BCUT2D eigenvalue weighted by molar-refractivity contribution is 6.18. The number of hydrogen-bond acceptors (Lipinski definition) is 8. The number of rotatable bonds is 5. The molecule has 8 heteroatoms. The second-order valence-corrected chi connectivity index (χ2v) is 14.0. The van der Waals surface area contributed by atoms with Gasteiger partial charge in [0, 0.05) is 54.7 Å². The van der Waals surface area contributed by atoms with E-state index in [4.69, 9.17) is 38.2 Å². The molecule has 0 spiro atoms. The van der Waals surface area contributed by atoms with E-state index in [2.05, 4.69) is 18.2 Å². The van der Waals surface area contributed by atoms with Gasteiger partial charge in [-0.1, -0.05) is 121 Å². The van der Waals surface area contributed by atoms with Gasteiger partial charge in [-0.05, 0) is 42.5 Å². The summed E-state index contributed by atoms with van der Waals surface area (Å²) in [4.78, 5) is 25.7. The molecule has 266 valence electrons. The van der Waals surface area contributed by atoms with E-state index >= 15 is 0 Å². The van der Waals surface area contributed by atoms with Gasteiger partial charge >= 0.3 is 0 Å². The molecule has 0 aliphatic carbocycles. The molecule has 5 heterocycles. The standard InChI is InChI=1S/C49H27N5O3/c1-3-13-28(14-4-1)46-52-47(29-15-5-2-6-16-29)54-49(53-46)35-20-12-24-39-42(35)41-34(19-11-23-38(41)56-39)48-50-43(45-44(51-48)33-18-8-10-22-37(33)57-45)30-25-26-32-31-17-7-9-21-36(31)55-40(32)27-30/h1-27H. The van der Waals surface area contributed by atoms with Crippen LogP contribution in [-0.2, 0) is 0 Å². The maximum Gasteiger partial charge on any atom is 0.180 e. The summed E-state index contributed by atoms with van der Waals surface area (Å²) in [7, 11) is 0. The summed E-state index contributed by atoms with van der Waals surface area (Å²) < 4.78 is 19.4. The van der Waals surface area contributed by atoms with Crippen molar-refractivity contribution in [3.8, 4) is 56.8 Å². The summed E-state index contributed by atoms with van der Waals surface area (Å²) in [6.45, 7) is 0. The summed E-state index contributed by atoms with van der Waals surface area (Å²) in [6.07, 6.45) is 0. The van der Waals surface area contributed by atoms with Crippen molar-refractivity contribution in [3.05, 3.63) is 164 Å². The minimum absolute atomic E-state index is 0.530. The Balaban J connectivity index is 1.12. The fourth-order valence-electron chi connectivity index (χ4n) is 7.95. The van der Waals surface area contributed by atoms with E-state index in [9.17, 15) is 0 Å². The molecule has 0 unspecified atom stereocenters. The smallest absolute Gasteiger partial charge is 0.180 e. The largest absolute Gasteiger partial charge is 0.456 e. The first kappa shape index (κ1) is 31.4. The lowest BCUT2D eigenvalue weighted by molar-refractivity contribution is 0.666. The van der Waals surface area contributed by atoms with Gasteiger partial charge in [-0.25, -0.2) is 24.9 Å². The first-order valence-corrected chi connectivity index (χ1v) is 18.7. The molecule has 0 amide bonds. The van der Waals surface area contributed by atoms with Crippen molar-refractivity contribution in [3.63, 3.8) is 0 Å². The van der Waals surface area contributed by atoms with Crippen LogP contribution in [0.1, 0.15) is 0 Å². The summed E-state index contributed by atoms with van der Waals surface area (Å²) >= 11 is 0. The molecule has 0 atom stereocenters. The van der Waals surface area contributed by atoms with Gasteiger partial charge in [-0.2, -0.15) is 0 Å². The molecule has 0 saturated heterocycles. The molecule has 0 aliphatic rings. The predicted octanol–water partition coefficient (Wildman–Crippen LogP) is 12.7. The molecule has 12 rings (SSSR count). The minimum atomic E-state index is 0.530. The molecule has 57 heavy (non-hydrogen) atoms. The number of benzene rings is 7. The number of fused-ring (bicyclic) bond motifs is 9.